The molecule has 0 spiro atoms. The fourth-order valence-corrected chi connectivity index (χ4v) is 3.01. The number of aldehydes is 1. The Labute approximate surface area is 252 Å². The summed E-state index contributed by atoms with van der Waals surface area (Å²) in [5.74, 6) is -2.64. The van der Waals surface area contributed by atoms with Crippen LogP contribution < -0.4 is 16.0 Å². The zero-order valence-corrected chi connectivity index (χ0v) is 26.1. The Morgan fingerprint density at radius 3 is 1.81 bits per heavy atom. The van der Waals surface area contributed by atoms with Crippen LogP contribution in [-0.2, 0) is 47.7 Å². The Bertz CT molecular complexity index is 881. The highest BCUT2D eigenvalue weighted by molar-refractivity contribution is 7.82. The molecular formula is C27H47N3O11S. The average molecular weight is 622 g/mol. The molecule has 4 N–H and O–H groups in total. The summed E-state index contributed by atoms with van der Waals surface area (Å²) in [4.78, 5) is 70.6. The number of nitrogens with one attached hydrogen (secondary N) is 3. The lowest BCUT2D eigenvalue weighted by molar-refractivity contribution is -0.148. The first-order valence-electron chi connectivity index (χ1n) is 13.8. The average Bonchev–Trinajstić information content (AvgIpc) is 2.92. The van der Waals surface area contributed by atoms with Gasteiger partial charge in [0.05, 0.1) is 51.1 Å². The summed E-state index contributed by atoms with van der Waals surface area (Å²) in [5, 5.41) is 17.1. The number of hydrogen-bond acceptors (Lipinski definition) is 11. The van der Waals surface area contributed by atoms with Gasteiger partial charge in [-0.25, -0.2) is 0 Å². The molecule has 0 saturated heterocycles. The van der Waals surface area contributed by atoms with Crippen LogP contribution in [0.4, 0.5) is 0 Å². The van der Waals surface area contributed by atoms with Crippen LogP contribution in [0.5, 0.6) is 0 Å². The highest BCUT2D eigenvalue weighted by atomic mass is 32.1. The van der Waals surface area contributed by atoms with Gasteiger partial charge in [0.25, 0.3) is 0 Å². The number of carbonyl (C=O) groups is 6. The van der Waals surface area contributed by atoms with Crippen molar-refractivity contribution in [3.8, 4) is 0 Å². The summed E-state index contributed by atoms with van der Waals surface area (Å²) in [7, 11) is 0. The number of thiol groups is 1. The third-order valence-electron chi connectivity index (χ3n) is 6.37. The van der Waals surface area contributed by atoms with Gasteiger partial charge in [0.2, 0.25) is 17.7 Å². The van der Waals surface area contributed by atoms with E-state index in [9.17, 15) is 33.9 Å². The zero-order chi connectivity index (χ0) is 32.2. The van der Waals surface area contributed by atoms with Gasteiger partial charge in [0, 0.05) is 25.4 Å². The van der Waals surface area contributed by atoms with E-state index in [1.807, 2.05) is 13.8 Å². The number of rotatable bonds is 25. The first-order valence-corrected chi connectivity index (χ1v) is 14.2. The molecule has 2 unspecified atom stereocenters. The van der Waals surface area contributed by atoms with Crippen molar-refractivity contribution in [2.45, 2.75) is 58.2 Å². The van der Waals surface area contributed by atoms with Gasteiger partial charge in [-0.2, -0.15) is 12.6 Å². The summed E-state index contributed by atoms with van der Waals surface area (Å²) in [6, 6.07) is -0.967. The van der Waals surface area contributed by atoms with E-state index >= 15 is 0 Å². The SMILES string of the molecule is CC(C)C(=O)COCCOCCNC(=O)COCCOCCNC(=O)CCC(C=O)NC(=O)C(C)(C)C(C)(S)C(=O)O. The minimum atomic E-state index is -1.68. The van der Waals surface area contributed by atoms with Gasteiger partial charge in [0.1, 0.15) is 24.2 Å². The molecule has 0 bridgehead atoms. The molecule has 0 aliphatic heterocycles. The van der Waals surface area contributed by atoms with E-state index in [0.29, 0.717) is 32.7 Å². The van der Waals surface area contributed by atoms with Gasteiger partial charge in [-0.05, 0) is 27.2 Å². The minimum absolute atomic E-state index is 0.0329. The third kappa shape index (κ3) is 16.2. The number of hydrogen-bond donors (Lipinski definition) is 5. The van der Waals surface area contributed by atoms with Crippen molar-refractivity contribution >= 4 is 48.4 Å². The number of carboxylic acid groups (broad SMARTS) is 1. The Morgan fingerprint density at radius 2 is 1.31 bits per heavy atom. The summed E-state index contributed by atoms with van der Waals surface area (Å²) >= 11 is 4.09. The second-order valence-electron chi connectivity index (χ2n) is 10.4. The van der Waals surface area contributed by atoms with Crippen LogP contribution in [0.3, 0.4) is 0 Å². The number of carboxylic acids is 1. The van der Waals surface area contributed by atoms with E-state index in [1.165, 1.54) is 20.8 Å². The summed E-state index contributed by atoms with van der Waals surface area (Å²) in [5.41, 5.74) is -1.43. The minimum Gasteiger partial charge on any atom is -0.480 e. The molecule has 0 aromatic heterocycles. The fraction of sp³-hybridized carbons (Fsp3) is 0.778. The van der Waals surface area contributed by atoms with Crippen molar-refractivity contribution in [1.29, 1.82) is 0 Å². The maximum Gasteiger partial charge on any atom is 0.320 e. The van der Waals surface area contributed by atoms with E-state index in [1.54, 1.807) is 0 Å². The van der Waals surface area contributed by atoms with Crippen molar-refractivity contribution in [1.82, 2.24) is 16.0 Å². The molecule has 0 aliphatic rings. The predicted molar refractivity (Wildman–Crippen MR) is 155 cm³/mol. The lowest BCUT2D eigenvalue weighted by Gasteiger charge is -2.36. The molecule has 14 nitrogen and oxygen atoms in total. The molecule has 0 rings (SSSR count). The van der Waals surface area contributed by atoms with Crippen LogP contribution in [0.25, 0.3) is 0 Å². The monoisotopic (exact) mass is 621 g/mol. The van der Waals surface area contributed by atoms with Gasteiger partial charge in [0.15, 0.2) is 5.78 Å². The van der Waals surface area contributed by atoms with E-state index in [2.05, 4.69) is 28.6 Å². The van der Waals surface area contributed by atoms with Crippen LogP contribution >= 0.6 is 12.6 Å². The molecular weight excluding hydrogens is 574 g/mol. The molecule has 42 heavy (non-hydrogen) atoms. The van der Waals surface area contributed by atoms with Gasteiger partial charge < -0.3 is 44.8 Å². The highest BCUT2D eigenvalue weighted by Crippen LogP contribution is 2.37. The molecule has 15 heteroatoms. The molecule has 242 valence electrons. The topological polar surface area (TPSA) is 196 Å². The second kappa shape index (κ2) is 21.2. The Kier molecular flexibility index (Phi) is 19.8. The molecule has 3 amide bonds. The van der Waals surface area contributed by atoms with Gasteiger partial charge in [-0.1, -0.05) is 13.8 Å². The standard InChI is InChI=1S/C27H47N3O11S/c1-19(2)21(32)17-40-14-12-39-11-9-29-23(34)18-41-15-13-38-10-8-28-22(33)7-6-20(16-31)30-24(35)26(3,4)27(5,42)25(36)37/h16,19-20,42H,6-15,17-18H2,1-5H3,(H,28,33)(H,29,34)(H,30,35)(H,36,37). The van der Waals surface area contributed by atoms with Gasteiger partial charge in [-0.3, -0.25) is 24.0 Å². The molecule has 0 aromatic rings. The van der Waals surface area contributed by atoms with Crippen molar-refractivity contribution < 1.29 is 52.8 Å². The van der Waals surface area contributed by atoms with Crippen LogP contribution in [0.2, 0.25) is 0 Å². The highest BCUT2D eigenvalue weighted by Gasteiger charge is 2.50. The molecule has 0 aromatic carbocycles. The largest absolute Gasteiger partial charge is 0.480 e. The summed E-state index contributed by atoms with van der Waals surface area (Å²) < 4.78 is 19.4. The van der Waals surface area contributed by atoms with Crippen molar-refractivity contribution in [2.24, 2.45) is 11.3 Å². The van der Waals surface area contributed by atoms with Crippen molar-refractivity contribution in [2.75, 3.05) is 65.9 Å². The molecule has 0 aliphatic carbocycles. The summed E-state index contributed by atoms with van der Waals surface area (Å²) in [6.07, 6.45) is 0.481. The van der Waals surface area contributed by atoms with E-state index < -0.39 is 28.1 Å². The van der Waals surface area contributed by atoms with Crippen LogP contribution in [0.15, 0.2) is 0 Å². The normalized spacial score (nSPS) is 13.6. The van der Waals surface area contributed by atoms with Crippen molar-refractivity contribution in [3.05, 3.63) is 0 Å². The quantitative estimate of drug-likeness (QED) is 0.0513. The van der Waals surface area contributed by atoms with Crippen LogP contribution in [0, 0.1) is 11.3 Å². The number of ether oxygens (including phenoxy) is 4. The molecule has 0 fully saturated rings. The van der Waals surface area contributed by atoms with E-state index in [0.717, 1.165) is 0 Å². The maximum atomic E-state index is 12.6. The Morgan fingerprint density at radius 1 is 0.810 bits per heavy atom. The van der Waals surface area contributed by atoms with Crippen LogP contribution in [0.1, 0.15) is 47.5 Å². The lowest BCUT2D eigenvalue weighted by atomic mass is 9.78. The number of amides is 3. The van der Waals surface area contributed by atoms with Gasteiger partial charge >= 0.3 is 5.97 Å². The Balaban J connectivity index is 3.85. The Hall–Kier alpha value is -2.59. The third-order valence-corrected chi connectivity index (χ3v) is 7.12. The molecule has 0 heterocycles. The first-order chi connectivity index (χ1) is 19.7. The molecule has 0 saturated carbocycles. The number of Topliss-reactive ketones (excluding diaryl/α,β-unsaturated/α-hetero) is 1. The molecule has 0 radical (unpaired) electrons. The predicted octanol–water partition coefficient (Wildman–Crippen LogP) is -0.226. The lowest BCUT2D eigenvalue weighted by Crippen LogP contribution is -2.55. The number of carbonyl (C=O) groups excluding carboxylic acids is 5. The van der Waals surface area contributed by atoms with E-state index in [-0.39, 0.29) is 75.9 Å². The first kappa shape index (κ1) is 39.4. The van der Waals surface area contributed by atoms with Crippen molar-refractivity contribution in [3.63, 3.8) is 0 Å². The fourth-order valence-electron chi connectivity index (χ4n) is 2.91. The maximum absolute atomic E-state index is 12.6. The summed E-state index contributed by atoms with van der Waals surface area (Å²) in [6.45, 7) is 9.67. The number of aliphatic carboxylic acids is 1. The van der Waals surface area contributed by atoms with Gasteiger partial charge in [-0.15, -0.1) is 0 Å². The zero-order valence-electron chi connectivity index (χ0n) is 25.2. The van der Waals surface area contributed by atoms with E-state index in [4.69, 9.17) is 18.9 Å². The molecule has 2 atom stereocenters. The second-order valence-corrected chi connectivity index (χ2v) is 11.3. The number of ketones is 1. The smallest absolute Gasteiger partial charge is 0.320 e. The van der Waals surface area contributed by atoms with Crippen LogP contribution in [-0.4, -0.2) is 118 Å².